The predicted molar refractivity (Wildman–Crippen MR) is 94.3 cm³/mol. The Labute approximate surface area is 151 Å². The lowest BCUT2D eigenvalue weighted by Crippen LogP contribution is -2.43. The Kier molecular flexibility index (Phi) is 7.17. The van der Waals surface area contributed by atoms with E-state index < -0.39 is 24.4 Å². The maximum absolute atomic E-state index is 11.7. The maximum atomic E-state index is 11.7. The van der Waals surface area contributed by atoms with E-state index in [2.05, 4.69) is 10.9 Å². The third kappa shape index (κ3) is 6.27. The van der Waals surface area contributed by atoms with Crippen LogP contribution in [0.4, 0.5) is 0 Å². The minimum absolute atomic E-state index is 0.149. The molecule has 0 radical (unpaired) electrons. The Bertz CT molecular complexity index is 744. The zero-order valence-electron chi connectivity index (χ0n) is 14.4. The molecule has 2 aromatic carbocycles. The van der Waals surface area contributed by atoms with E-state index in [1.807, 2.05) is 24.3 Å². The first-order chi connectivity index (χ1) is 12.6. The van der Waals surface area contributed by atoms with E-state index in [-0.39, 0.29) is 6.42 Å². The third-order valence-electron chi connectivity index (χ3n) is 3.49. The summed E-state index contributed by atoms with van der Waals surface area (Å²) in [5.74, 6) is -0.826. The van der Waals surface area contributed by atoms with E-state index in [9.17, 15) is 14.4 Å². The molecule has 0 aliphatic carbocycles. The summed E-state index contributed by atoms with van der Waals surface area (Å²) in [6.45, 7) is -0.462. The van der Waals surface area contributed by atoms with Gasteiger partial charge in [0.05, 0.1) is 7.11 Å². The van der Waals surface area contributed by atoms with Gasteiger partial charge < -0.3 is 9.47 Å². The standard InChI is InChI=1S/C19H20N2O5/c1-25-16-10-7-14(8-11-16)9-12-18(23)26-13-17(22)20-21-19(24)15-5-3-2-4-6-15/h2-8,10-11H,9,12-13H2,1H3,(H,20,22)(H,21,24). The minimum atomic E-state index is -0.618. The molecular weight excluding hydrogens is 336 g/mol. The van der Waals surface area contributed by atoms with Crippen LogP contribution < -0.4 is 15.6 Å². The van der Waals surface area contributed by atoms with E-state index in [0.717, 1.165) is 11.3 Å². The lowest BCUT2D eigenvalue weighted by atomic mass is 10.1. The van der Waals surface area contributed by atoms with Crippen LogP contribution in [0.3, 0.4) is 0 Å². The van der Waals surface area contributed by atoms with Crippen molar-refractivity contribution in [1.29, 1.82) is 0 Å². The highest BCUT2D eigenvalue weighted by atomic mass is 16.5. The van der Waals surface area contributed by atoms with Gasteiger partial charge in [-0.2, -0.15) is 0 Å². The molecule has 2 aromatic rings. The molecule has 0 bridgehead atoms. The molecule has 136 valence electrons. The molecule has 0 saturated carbocycles. The molecule has 2 rings (SSSR count). The molecular formula is C19H20N2O5. The number of hydrogen-bond donors (Lipinski definition) is 2. The van der Waals surface area contributed by atoms with Gasteiger partial charge in [0.15, 0.2) is 6.61 Å². The van der Waals surface area contributed by atoms with Gasteiger partial charge in [-0.25, -0.2) is 0 Å². The number of amides is 2. The topological polar surface area (TPSA) is 93.7 Å². The number of methoxy groups -OCH3 is 1. The molecule has 0 aliphatic heterocycles. The van der Waals surface area contributed by atoms with E-state index in [1.54, 1.807) is 37.4 Å². The number of hydrogen-bond acceptors (Lipinski definition) is 5. The van der Waals surface area contributed by atoms with Gasteiger partial charge in [0.1, 0.15) is 5.75 Å². The van der Waals surface area contributed by atoms with Crippen LogP contribution in [0.25, 0.3) is 0 Å². The molecule has 0 atom stereocenters. The van der Waals surface area contributed by atoms with Crippen molar-refractivity contribution >= 4 is 17.8 Å². The Morgan fingerprint density at radius 3 is 2.27 bits per heavy atom. The van der Waals surface area contributed by atoms with Crippen molar-refractivity contribution in [1.82, 2.24) is 10.9 Å². The molecule has 7 heteroatoms. The van der Waals surface area contributed by atoms with Crippen LogP contribution in [0, 0.1) is 0 Å². The predicted octanol–water partition coefficient (Wildman–Crippen LogP) is 1.63. The van der Waals surface area contributed by atoms with Crippen LogP contribution in [0.1, 0.15) is 22.3 Å². The summed E-state index contributed by atoms with van der Waals surface area (Å²) >= 11 is 0. The zero-order valence-corrected chi connectivity index (χ0v) is 14.4. The van der Waals surface area contributed by atoms with Gasteiger partial charge in [-0.15, -0.1) is 0 Å². The molecule has 2 N–H and O–H groups in total. The van der Waals surface area contributed by atoms with E-state index in [1.165, 1.54) is 0 Å². The van der Waals surface area contributed by atoms with Crippen LogP contribution in [0.15, 0.2) is 54.6 Å². The smallest absolute Gasteiger partial charge is 0.306 e. The molecule has 0 aromatic heterocycles. The fraction of sp³-hybridized carbons (Fsp3) is 0.211. The number of rotatable bonds is 7. The Balaban J connectivity index is 1.65. The fourth-order valence-electron chi connectivity index (χ4n) is 2.08. The largest absolute Gasteiger partial charge is 0.497 e. The van der Waals surface area contributed by atoms with Gasteiger partial charge in [0.2, 0.25) is 0 Å². The van der Waals surface area contributed by atoms with Crippen molar-refractivity contribution < 1.29 is 23.9 Å². The first kappa shape index (κ1) is 19.0. The fourth-order valence-corrected chi connectivity index (χ4v) is 2.08. The Morgan fingerprint density at radius 1 is 0.923 bits per heavy atom. The van der Waals surface area contributed by atoms with Crippen molar-refractivity contribution in [2.45, 2.75) is 12.8 Å². The quantitative estimate of drug-likeness (QED) is 0.581. The number of hydrazine groups is 1. The molecule has 0 saturated heterocycles. The van der Waals surface area contributed by atoms with Crippen molar-refractivity contribution in [2.24, 2.45) is 0 Å². The monoisotopic (exact) mass is 356 g/mol. The summed E-state index contributed by atoms with van der Waals surface area (Å²) in [6.07, 6.45) is 0.644. The summed E-state index contributed by atoms with van der Waals surface area (Å²) in [6, 6.07) is 15.8. The van der Waals surface area contributed by atoms with Crippen LogP contribution in [-0.4, -0.2) is 31.5 Å². The Morgan fingerprint density at radius 2 is 1.62 bits per heavy atom. The molecule has 26 heavy (non-hydrogen) atoms. The third-order valence-corrected chi connectivity index (χ3v) is 3.49. The maximum Gasteiger partial charge on any atom is 0.306 e. The summed E-state index contributed by atoms with van der Waals surface area (Å²) in [5.41, 5.74) is 5.81. The van der Waals surface area contributed by atoms with Crippen molar-refractivity contribution in [3.8, 4) is 5.75 Å². The lowest BCUT2D eigenvalue weighted by molar-refractivity contribution is -0.148. The minimum Gasteiger partial charge on any atom is -0.497 e. The molecule has 7 nitrogen and oxygen atoms in total. The van der Waals surface area contributed by atoms with Gasteiger partial charge in [-0.3, -0.25) is 25.2 Å². The first-order valence-electron chi connectivity index (χ1n) is 8.01. The second-order valence-electron chi connectivity index (χ2n) is 5.38. The summed E-state index contributed by atoms with van der Waals surface area (Å²) < 4.78 is 9.94. The average Bonchev–Trinajstić information content (AvgIpc) is 2.69. The van der Waals surface area contributed by atoms with Crippen molar-refractivity contribution in [3.63, 3.8) is 0 Å². The van der Waals surface area contributed by atoms with Crippen molar-refractivity contribution in [2.75, 3.05) is 13.7 Å². The van der Waals surface area contributed by atoms with Gasteiger partial charge >= 0.3 is 5.97 Å². The highest BCUT2D eigenvalue weighted by Crippen LogP contribution is 2.12. The van der Waals surface area contributed by atoms with Gasteiger partial charge in [-0.05, 0) is 36.2 Å². The molecule has 0 unspecified atom stereocenters. The Hall–Kier alpha value is -3.35. The number of carbonyl (C=O) groups excluding carboxylic acids is 3. The number of esters is 1. The van der Waals surface area contributed by atoms with Crippen LogP contribution in [-0.2, 0) is 20.7 Å². The number of ether oxygens (including phenoxy) is 2. The first-order valence-corrected chi connectivity index (χ1v) is 8.01. The second kappa shape index (κ2) is 9.83. The number of aryl methyl sites for hydroxylation is 1. The normalized spacial score (nSPS) is 9.88. The molecule has 0 spiro atoms. The summed E-state index contributed by atoms with van der Waals surface area (Å²) in [5, 5.41) is 0. The number of nitrogens with one attached hydrogen (secondary N) is 2. The zero-order chi connectivity index (χ0) is 18.8. The molecule has 2 amide bonds. The van der Waals surface area contributed by atoms with Crippen LogP contribution in [0.5, 0.6) is 5.75 Å². The second-order valence-corrected chi connectivity index (χ2v) is 5.38. The lowest BCUT2D eigenvalue weighted by Gasteiger charge is -2.08. The summed E-state index contributed by atoms with van der Waals surface area (Å²) in [4.78, 5) is 35.1. The van der Waals surface area contributed by atoms with Crippen LogP contribution in [0.2, 0.25) is 0 Å². The SMILES string of the molecule is COc1ccc(CCC(=O)OCC(=O)NNC(=O)c2ccccc2)cc1. The van der Waals surface area contributed by atoms with E-state index >= 15 is 0 Å². The molecule has 0 fully saturated rings. The average molecular weight is 356 g/mol. The molecule has 0 aliphatic rings. The highest BCUT2D eigenvalue weighted by molar-refractivity contribution is 5.95. The number of benzene rings is 2. The highest BCUT2D eigenvalue weighted by Gasteiger charge is 2.10. The van der Waals surface area contributed by atoms with E-state index in [0.29, 0.717) is 12.0 Å². The summed E-state index contributed by atoms with van der Waals surface area (Å²) in [7, 11) is 1.58. The van der Waals surface area contributed by atoms with Crippen molar-refractivity contribution in [3.05, 3.63) is 65.7 Å². The van der Waals surface area contributed by atoms with Crippen LogP contribution >= 0.6 is 0 Å². The molecule has 0 heterocycles. The van der Waals surface area contributed by atoms with Gasteiger partial charge in [0.25, 0.3) is 11.8 Å². The number of carbonyl (C=O) groups is 3. The van der Waals surface area contributed by atoms with E-state index in [4.69, 9.17) is 9.47 Å². The van der Waals surface area contributed by atoms with Gasteiger partial charge in [0, 0.05) is 12.0 Å². The van der Waals surface area contributed by atoms with Gasteiger partial charge in [-0.1, -0.05) is 30.3 Å².